The molecule has 2 aliphatic rings. The molecule has 1 heteroatoms. The normalized spacial score (nSPS) is 38.2. The van der Waals surface area contributed by atoms with Crippen LogP contribution in [0.4, 0.5) is 0 Å². The Morgan fingerprint density at radius 3 is 2.48 bits per heavy atom. The zero-order valence-electron chi connectivity index (χ0n) is 14.1. The molecule has 0 aromatic heterocycles. The SMILES string of the molecule is CCSC1C(C)CC2(c3ccccc3)CC1CC(C)(C)C2. The van der Waals surface area contributed by atoms with Crippen molar-refractivity contribution in [3.63, 3.8) is 0 Å². The minimum absolute atomic E-state index is 0.442. The first-order valence-electron chi connectivity index (χ1n) is 8.63. The molecule has 0 nitrogen and oxygen atoms in total. The summed E-state index contributed by atoms with van der Waals surface area (Å²) in [5.74, 6) is 3.03. The van der Waals surface area contributed by atoms with Crippen molar-refractivity contribution in [3.8, 4) is 0 Å². The maximum absolute atomic E-state index is 2.51. The molecule has 2 bridgehead atoms. The molecule has 4 atom stereocenters. The molecule has 0 heterocycles. The van der Waals surface area contributed by atoms with E-state index in [1.165, 1.54) is 31.4 Å². The highest BCUT2D eigenvalue weighted by atomic mass is 32.2. The number of hydrogen-bond acceptors (Lipinski definition) is 1. The molecule has 0 radical (unpaired) electrons. The van der Waals surface area contributed by atoms with Crippen molar-refractivity contribution in [2.75, 3.05) is 5.75 Å². The van der Waals surface area contributed by atoms with Crippen molar-refractivity contribution in [2.45, 2.75) is 64.0 Å². The van der Waals surface area contributed by atoms with Gasteiger partial charge >= 0.3 is 0 Å². The Balaban J connectivity index is 1.97. The summed E-state index contributed by atoms with van der Waals surface area (Å²) in [5.41, 5.74) is 2.54. The van der Waals surface area contributed by atoms with Crippen LogP contribution in [-0.4, -0.2) is 11.0 Å². The lowest BCUT2D eigenvalue weighted by Crippen LogP contribution is -2.50. The van der Waals surface area contributed by atoms with E-state index >= 15 is 0 Å². The largest absolute Gasteiger partial charge is 0.158 e. The first kappa shape index (κ1) is 15.5. The molecule has 0 amide bonds. The Morgan fingerprint density at radius 2 is 1.81 bits per heavy atom. The van der Waals surface area contributed by atoms with E-state index in [4.69, 9.17) is 0 Å². The molecular weight excluding hydrogens is 272 g/mol. The molecule has 4 unspecified atom stereocenters. The van der Waals surface area contributed by atoms with Gasteiger partial charge in [-0.2, -0.15) is 11.8 Å². The van der Waals surface area contributed by atoms with Gasteiger partial charge in [0.25, 0.3) is 0 Å². The molecule has 1 aromatic carbocycles. The fourth-order valence-corrected chi connectivity index (χ4v) is 6.83. The molecule has 21 heavy (non-hydrogen) atoms. The molecule has 2 saturated carbocycles. The van der Waals surface area contributed by atoms with Crippen LogP contribution in [0.5, 0.6) is 0 Å². The van der Waals surface area contributed by atoms with Crippen LogP contribution in [0.3, 0.4) is 0 Å². The van der Waals surface area contributed by atoms with Gasteiger partial charge in [0.2, 0.25) is 0 Å². The summed E-state index contributed by atoms with van der Waals surface area (Å²) in [5, 5.41) is 0.881. The van der Waals surface area contributed by atoms with Crippen molar-refractivity contribution >= 4 is 11.8 Å². The molecule has 116 valence electrons. The average Bonchev–Trinajstić information content (AvgIpc) is 2.42. The molecule has 3 rings (SSSR count). The highest BCUT2D eigenvalue weighted by Gasteiger charge is 2.52. The molecule has 1 aromatic rings. The molecule has 0 saturated heterocycles. The Bertz CT molecular complexity index is 474. The highest BCUT2D eigenvalue weighted by Crippen LogP contribution is 2.59. The van der Waals surface area contributed by atoms with E-state index in [9.17, 15) is 0 Å². The van der Waals surface area contributed by atoms with Crippen molar-refractivity contribution < 1.29 is 0 Å². The van der Waals surface area contributed by atoms with Crippen LogP contribution in [0, 0.1) is 17.3 Å². The summed E-state index contributed by atoms with van der Waals surface area (Å²) in [6.07, 6.45) is 5.59. The lowest BCUT2D eigenvalue weighted by molar-refractivity contribution is 0.0358. The summed E-state index contributed by atoms with van der Waals surface area (Å²) in [4.78, 5) is 0. The van der Waals surface area contributed by atoms with Gasteiger partial charge in [0.15, 0.2) is 0 Å². The Kier molecular flexibility index (Phi) is 4.16. The average molecular weight is 303 g/mol. The summed E-state index contributed by atoms with van der Waals surface area (Å²) in [7, 11) is 0. The predicted octanol–water partition coefficient (Wildman–Crippen LogP) is 5.91. The van der Waals surface area contributed by atoms with Gasteiger partial charge in [-0.15, -0.1) is 0 Å². The van der Waals surface area contributed by atoms with Gasteiger partial charge in [-0.05, 0) is 59.7 Å². The Hall–Kier alpha value is -0.430. The fourth-order valence-electron chi connectivity index (χ4n) is 5.55. The van der Waals surface area contributed by atoms with Crippen molar-refractivity contribution in [3.05, 3.63) is 35.9 Å². The van der Waals surface area contributed by atoms with Crippen LogP contribution in [0.15, 0.2) is 30.3 Å². The standard InChI is InChI=1S/C20H30S/c1-5-21-18-15(2)11-20(17-9-7-6-8-10-17)13-16(18)12-19(3,4)14-20/h6-10,15-16,18H,5,11-14H2,1-4H3. The monoisotopic (exact) mass is 302 g/mol. The maximum Gasteiger partial charge on any atom is 0.0102 e. The molecule has 0 spiro atoms. The second-order valence-corrected chi connectivity index (χ2v) is 9.71. The van der Waals surface area contributed by atoms with Gasteiger partial charge in [-0.1, -0.05) is 58.0 Å². The lowest BCUT2D eigenvalue weighted by atomic mass is 9.51. The van der Waals surface area contributed by atoms with Crippen LogP contribution < -0.4 is 0 Å². The number of thioether (sulfide) groups is 1. The molecule has 0 N–H and O–H groups in total. The Labute approximate surface area is 135 Å². The summed E-state index contributed by atoms with van der Waals surface area (Å²) < 4.78 is 0. The van der Waals surface area contributed by atoms with Crippen LogP contribution in [-0.2, 0) is 5.41 Å². The van der Waals surface area contributed by atoms with Gasteiger partial charge in [-0.25, -0.2) is 0 Å². The van der Waals surface area contributed by atoms with E-state index in [0.29, 0.717) is 10.8 Å². The number of rotatable bonds is 3. The van der Waals surface area contributed by atoms with Gasteiger partial charge in [0.05, 0.1) is 0 Å². The minimum Gasteiger partial charge on any atom is -0.158 e. The van der Waals surface area contributed by atoms with E-state index in [2.05, 4.69) is 69.8 Å². The van der Waals surface area contributed by atoms with Gasteiger partial charge in [0, 0.05) is 5.25 Å². The minimum atomic E-state index is 0.442. The Morgan fingerprint density at radius 1 is 1.10 bits per heavy atom. The van der Waals surface area contributed by atoms with Crippen LogP contribution in [0.25, 0.3) is 0 Å². The van der Waals surface area contributed by atoms with Crippen molar-refractivity contribution in [1.82, 2.24) is 0 Å². The van der Waals surface area contributed by atoms with Crippen LogP contribution in [0.1, 0.15) is 58.9 Å². The summed E-state index contributed by atoms with van der Waals surface area (Å²) in [6, 6.07) is 11.4. The van der Waals surface area contributed by atoms with E-state index in [-0.39, 0.29) is 0 Å². The topological polar surface area (TPSA) is 0 Å². The van der Waals surface area contributed by atoms with E-state index < -0.39 is 0 Å². The van der Waals surface area contributed by atoms with Gasteiger partial charge in [0.1, 0.15) is 0 Å². The zero-order valence-corrected chi connectivity index (χ0v) is 14.9. The molecular formula is C20H30S. The molecule has 2 aliphatic carbocycles. The summed E-state index contributed by atoms with van der Waals surface area (Å²) >= 11 is 2.22. The second kappa shape index (κ2) is 5.65. The smallest absolute Gasteiger partial charge is 0.0102 e. The third kappa shape index (κ3) is 2.91. The number of fused-ring (bicyclic) bond motifs is 2. The fraction of sp³-hybridized carbons (Fsp3) is 0.700. The predicted molar refractivity (Wildman–Crippen MR) is 94.9 cm³/mol. The van der Waals surface area contributed by atoms with Crippen molar-refractivity contribution in [2.24, 2.45) is 17.3 Å². The lowest BCUT2D eigenvalue weighted by Gasteiger charge is -2.57. The van der Waals surface area contributed by atoms with E-state index in [1.807, 2.05) is 0 Å². The quantitative estimate of drug-likeness (QED) is 0.668. The molecule has 0 aliphatic heterocycles. The molecule has 2 fully saturated rings. The zero-order chi connectivity index (χ0) is 15.1. The second-order valence-electron chi connectivity index (χ2n) is 8.26. The van der Waals surface area contributed by atoms with Gasteiger partial charge < -0.3 is 0 Å². The first-order chi connectivity index (χ1) is 9.96. The number of benzene rings is 1. The third-order valence-corrected chi connectivity index (χ3v) is 7.34. The maximum atomic E-state index is 2.51. The van der Waals surface area contributed by atoms with Crippen LogP contribution in [0.2, 0.25) is 0 Å². The van der Waals surface area contributed by atoms with Crippen LogP contribution >= 0.6 is 11.8 Å². The number of hydrogen-bond donors (Lipinski definition) is 0. The van der Waals surface area contributed by atoms with Crippen molar-refractivity contribution in [1.29, 1.82) is 0 Å². The van der Waals surface area contributed by atoms with E-state index in [1.54, 1.807) is 5.56 Å². The first-order valence-corrected chi connectivity index (χ1v) is 9.68. The summed E-state index contributed by atoms with van der Waals surface area (Å²) in [6.45, 7) is 9.83. The van der Waals surface area contributed by atoms with Gasteiger partial charge in [-0.3, -0.25) is 0 Å². The van der Waals surface area contributed by atoms with E-state index in [0.717, 1.165) is 17.1 Å². The third-order valence-electron chi connectivity index (χ3n) is 5.77. The highest BCUT2D eigenvalue weighted by molar-refractivity contribution is 7.99.